The first-order valence-electron chi connectivity index (χ1n) is 9.64. The number of nitrogens with zero attached hydrogens (tertiary/aromatic N) is 4. The van der Waals surface area contributed by atoms with Crippen molar-refractivity contribution in [2.24, 2.45) is 4.99 Å². The van der Waals surface area contributed by atoms with E-state index in [1.807, 2.05) is 0 Å². The van der Waals surface area contributed by atoms with Crippen molar-refractivity contribution in [3.8, 4) is 0 Å². The van der Waals surface area contributed by atoms with Gasteiger partial charge in [-0.3, -0.25) is 0 Å². The lowest BCUT2D eigenvalue weighted by Crippen LogP contribution is -2.60. The average Bonchev–Trinajstić information content (AvgIpc) is 2.67. The maximum absolute atomic E-state index is 14.0. The highest BCUT2D eigenvalue weighted by molar-refractivity contribution is 6.33. The van der Waals surface area contributed by atoms with Crippen molar-refractivity contribution in [1.29, 1.82) is 0 Å². The molecule has 1 unspecified atom stereocenters. The van der Waals surface area contributed by atoms with Crippen LogP contribution >= 0.6 is 11.6 Å². The number of hydrogen-bond acceptors (Lipinski definition) is 6. The van der Waals surface area contributed by atoms with Gasteiger partial charge in [0.05, 0.1) is 12.2 Å². The van der Waals surface area contributed by atoms with E-state index >= 15 is 0 Å². The van der Waals surface area contributed by atoms with Gasteiger partial charge in [0.1, 0.15) is 22.5 Å². The van der Waals surface area contributed by atoms with E-state index in [0.717, 1.165) is 15.9 Å². The van der Waals surface area contributed by atoms with Crippen LogP contribution in [0.3, 0.4) is 0 Å². The number of aliphatic imine (C=N–C) groups is 1. The first-order valence-corrected chi connectivity index (χ1v) is 10.0. The van der Waals surface area contributed by atoms with Crippen LogP contribution in [-0.4, -0.2) is 64.2 Å². The molecule has 174 valence electrons. The molecule has 1 saturated heterocycles. The molecular formula is C20H22ClF4N5O2. The summed E-state index contributed by atoms with van der Waals surface area (Å²) in [5.74, 6) is -0.876. The molecule has 1 N–H and O–H groups in total. The Kier molecular flexibility index (Phi) is 6.41. The minimum atomic E-state index is -4.70. The average molecular weight is 476 g/mol. The molecular weight excluding hydrogens is 454 g/mol. The summed E-state index contributed by atoms with van der Waals surface area (Å²) < 4.78 is 60.7. The zero-order valence-corrected chi connectivity index (χ0v) is 18.4. The van der Waals surface area contributed by atoms with Crippen molar-refractivity contribution in [1.82, 2.24) is 20.1 Å². The first kappa shape index (κ1) is 23.8. The fourth-order valence-corrected chi connectivity index (χ4v) is 3.40. The number of rotatable bonds is 2. The van der Waals surface area contributed by atoms with Crippen LogP contribution in [0, 0.1) is 5.95 Å². The molecule has 0 aliphatic carbocycles. The quantitative estimate of drug-likeness (QED) is 0.517. The lowest BCUT2D eigenvalue weighted by Gasteiger charge is -2.44. The third-order valence-corrected chi connectivity index (χ3v) is 5.03. The molecule has 2 aliphatic heterocycles. The highest BCUT2D eigenvalue weighted by Crippen LogP contribution is 2.35. The Bertz CT molecular complexity index is 987. The molecule has 0 spiro atoms. The second-order valence-corrected chi connectivity index (χ2v) is 8.62. The van der Waals surface area contributed by atoms with Crippen LogP contribution in [0.5, 0.6) is 0 Å². The molecule has 2 aliphatic rings. The smallest absolute Gasteiger partial charge is 0.410 e. The number of amides is 1. The van der Waals surface area contributed by atoms with Crippen molar-refractivity contribution in [2.45, 2.75) is 38.6 Å². The number of carbonyl (C=O) groups is 1. The van der Waals surface area contributed by atoms with Gasteiger partial charge in [0.25, 0.3) is 0 Å². The molecule has 32 heavy (non-hydrogen) atoms. The van der Waals surface area contributed by atoms with Gasteiger partial charge >= 0.3 is 12.3 Å². The molecule has 3 heterocycles. The maximum atomic E-state index is 14.0. The molecule has 1 amide bonds. The third kappa shape index (κ3) is 5.32. The van der Waals surface area contributed by atoms with E-state index in [1.54, 1.807) is 20.8 Å². The van der Waals surface area contributed by atoms with E-state index in [2.05, 4.69) is 21.9 Å². The molecule has 1 atom stereocenters. The summed E-state index contributed by atoms with van der Waals surface area (Å²) in [6.45, 7) is 7.71. The van der Waals surface area contributed by atoms with Crippen LogP contribution in [0.15, 0.2) is 46.5 Å². The number of nitrogens with one attached hydrogen (secondary N) is 1. The summed E-state index contributed by atoms with van der Waals surface area (Å²) in [7, 11) is 0. The Balaban J connectivity index is 1.94. The second-order valence-electron chi connectivity index (χ2n) is 8.25. The lowest BCUT2D eigenvalue weighted by molar-refractivity contribution is -0.190. The summed E-state index contributed by atoms with van der Waals surface area (Å²) in [4.78, 5) is 22.0. The number of pyridine rings is 1. The van der Waals surface area contributed by atoms with E-state index in [1.165, 1.54) is 12.3 Å². The zero-order chi connectivity index (χ0) is 23.8. The number of amidine groups is 1. The van der Waals surface area contributed by atoms with Crippen molar-refractivity contribution < 1.29 is 27.1 Å². The molecule has 0 saturated carbocycles. The predicted octanol–water partition coefficient (Wildman–Crippen LogP) is 3.98. The van der Waals surface area contributed by atoms with E-state index in [9.17, 15) is 22.4 Å². The number of hydrogen-bond donors (Lipinski definition) is 1. The summed E-state index contributed by atoms with van der Waals surface area (Å²) >= 11 is 6.26. The monoisotopic (exact) mass is 475 g/mol. The van der Waals surface area contributed by atoms with Gasteiger partial charge < -0.3 is 19.9 Å². The Morgan fingerprint density at radius 2 is 2.00 bits per heavy atom. The third-order valence-electron chi connectivity index (χ3n) is 4.63. The second kappa shape index (κ2) is 8.61. The van der Waals surface area contributed by atoms with E-state index in [4.69, 9.17) is 16.3 Å². The van der Waals surface area contributed by atoms with Crippen molar-refractivity contribution >= 4 is 23.5 Å². The van der Waals surface area contributed by atoms with Gasteiger partial charge in [-0.15, -0.1) is 0 Å². The van der Waals surface area contributed by atoms with Crippen LogP contribution in [-0.2, 0) is 4.74 Å². The predicted molar refractivity (Wildman–Crippen MR) is 110 cm³/mol. The lowest BCUT2D eigenvalue weighted by atomic mass is 10.1. The normalized spacial score (nSPS) is 20.2. The number of ether oxygens (including phenoxy) is 1. The summed E-state index contributed by atoms with van der Waals surface area (Å²) in [6.07, 6.45) is -4.33. The van der Waals surface area contributed by atoms with Gasteiger partial charge in [-0.2, -0.15) is 17.6 Å². The van der Waals surface area contributed by atoms with E-state index in [0.29, 0.717) is 0 Å². The Hall–Kier alpha value is -2.82. The summed E-state index contributed by atoms with van der Waals surface area (Å²) in [6, 6.07) is 0.441. The summed E-state index contributed by atoms with van der Waals surface area (Å²) in [5, 5.41) is 2.66. The molecule has 3 rings (SSSR count). The number of allylic oxidation sites excluding steroid dienone is 1. The largest absolute Gasteiger partial charge is 0.444 e. The zero-order valence-electron chi connectivity index (χ0n) is 17.6. The molecule has 12 heteroatoms. The van der Waals surface area contributed by atoms with Gasteiger partial charge in [-0.1, -0.05) is 18.2 Å². The van der Waals surface area contributed by atoms with Gasteiger partial charge in [-0.25, -0.2) is 14.8 Å². The fourth-order valence-electron chi connectivity index (χ4n) is 3.20. The fraction of sp³-hybridized carbons (Fsp3) is 0.450. The number of alkyl halides is 3. The number of halogens is 5. The molecule has 1 aromatic heterocycles. The van der Waals surface area contributed by atoms with Crippen molar-refractivity contribution in [3.63, 3.8) is 0 Å². The molecule has 0 bridgehead atoms. The van der Waals surface area contributed by atoms with E-state index < -0.39 is 36.4 Å². The standard InChI is InChI=1S/C20H22ClF4N5O2/c1-11-15(21)17(28-16(27-11)12-5-6-26-14(22)9-12)30-8-7-29(10-13(30)20(23,24)25)18(31)32-19(2,3)4/h5-6,9,13H,1,7-8,10H2,2-4H3,(H,27,28). The SMILES string of the molecule is C=C1NC(c2ccnc(F)c2)=NC(N2CCN(C(=O)OC(C)(C)C)CC2C(F)(F)F)=C1Cl. The van der Waals surface area contributed by atoms with Crippen LogP contribution in [0.2, 0.25) is 0 Å². The highest BCUT2D eigenvalue weighted by Gasteiger charge is 2.49. The first-order chi connectivity index (χ1) is 14.8. The minimum absolute atomic E-state index is 0.0379. The number of aromatic nitrogens is 1. The summed E-state index contributed by atoms with van der Waals surface area (Å²) in [5.41, 5.74) is -0.477. The Morgan fingerprint density at radius 1 is 1.31 bits per heavy atom. The number of carbonyl (C=O) groups excluding carboxylic acids is 1. The molecule has 7 nitrogen and oxygen atoms in total. The van der Waals surface area contributed by atoms with Gasteiger partial charge in [0, 0.05) is 30.9 Å². The van der Waals surface area contributed by atoms with Crippen molar-refractivity contribution in [3.05, 3.63) is 53.0 Å². The highest BCUT2D eigenvalue weighted by atomic mass is 35.5. The van der Waals surface area contributed by atoms with Crippen molar-refractivity contribution in [2.75, 3.05) is 19.6 Å². The Labute approximate surface area is 187 Å². The molecule has 0 aromatic carbocycles. The molecule has 1 fully saturated rings. The van der Waals surface area contributed by atoms with E-state index in [-0.39, 0.29) is 41.0 Å². The maximum Gasteiger partial charge on any atom is 0.410 e. The van der Waals surface area contributed by atoms with Crippen LogP contribution in [0.25, 0.3) is 0 Å². The molecule has 0 radical (unpaired) electrons. The van der Waals surface area contributed by atoms with Crippen LogP contribution < -0.4 is 5.32 Å². The number of piperazine rings is 1. The minimum Gasteiger partial charge on any atom is -0.444 e. The van der Waals surface area contributed by atoms with Crippen LogP contribution in [0.1, 0.15) is 26.3 Å². The van der Waals surface area contributed by atoms with Gasteiger partial charge in [0.2, 0.25) is 5.95 Å². The van der Waals surface area contributed by atoms with Gasteiger partial charge in [-0.05, 0) is 26.8 Å². The van der Waals surface area contributed by atoms with Gasteiger partial charge in [0.15, 0.2) is 5.82 Å². The molecule has 1 aromatic rings. The Morgan fingerprint density at radius 3 is 2.59 bits per heavy atom. The van der Waals surface area contributed by atoms with Crippen LogP contribution in [0.4, 0.5) is 22.4 Å². The topological polar surface area (TPSA) is 70.1 Å².